The summed E-state index contributed by atoms with van der Waals surface area (Å²) in [6.07, 6.45) is 47.4. The number of carboxylic acid groups (broad SMARTS) is 2. The zero-order chi connectivity index (χ0) is 62.5. The predicted octanol–water partition coefficient (Wildman–Crippen LogP) is 19.7. The molecule has 0 heterocycles. The first-order valence-electron chi connectivity index (χ1n) is 34.1. The van der Waals surface area contributed by atoms with E-state index >= 15 is 0 Å². The summed E-state index contributed by atoms with van der Waals surface area (Å²) in [6.45, 7) is 17.9. The normalized spacial score (nSPS) is 11.4. The summed E-state index contributed by atoms with van der Waals surface area (Å²) < 4.78 is 0. The van der Waals surface area contributed by atoms with Crippen molar-refractivity contribution >= 4 is 34.7 Å². The van der Waals surface area contributed by atoms with Gasteiger partial charge >= 0.3 is 16.5 Å². The van der Waals surface area contributed by atoms with E-state index in [2.05, 4.69) is 77.9 Å². The van der Waals surface area contributed by atoms with Gasteiger partial charge in [0.1, 0.15) is 0 Å². The summed E-state index contributed by atoms with van der Waals surface area (Å²) in [5.74, 6) is -4.99. The summed E-state index contributed by atoms with van der Waals surface area (Å²) in [7, 11) is 0. The molecule has 0 unspecified atom stereocenters. The summed E-state index contributed by atoms with van der Waals surface area (Å²) in [6, 6.07) is 19.6. The van der Waals surface area contributed by atoms with Crippen molar-refractivity contribution in [2.75, 3.05) is 0 Å². The van der Waals surface area contributed by atoms with Gasteiger partial charge in [-0.1, -0.05) is 253 Å². The molecule has 0 amide bonds. The van der Waals surface area contributed by atoms with E-state index in [1.54, 1.807) is 0 Å². The molecule has 4 aromatic rings. The van der Waals surface area contributed by atoms with Gasteiger partial charge in [-0.2, -0.15) is 0 Å². The van der Waals surface area contributed by atoms with Gasteiger partial charge in [-0.15, -0.1) is 0 Å². The van der Waals surface area contributed by atoms with Crippen LogP contribution in [0.2, 0.25) is 0 Å². The second-order valence-electron chi connectivity index (χ2n) is 23.7. The first kappa shape index (κ1) is 78.9. The number of phenols is 4. The fraction of sp³-hybridized carbons (Fsp3) is 0.627. The number of aryl methyl sites for hydroxylation is 6. The Hall–Kier alpha value is -5.15. The van der Waals surface area contributed by atoms with E-state index < -0.39 is 34.9 Å². The summed E-state index contributed by atoms with van der Waals surface area (Å²) in [5, 5.41) is 59.0. The molecule has 0 bridgehead atoms. The smallest absolute Gasteiger partial charge is 0.545 e. The van der Waals surface area contributed by atoms with Gasteiger partial charge in [0.15, 0.2) is 23.0 Å². The maximum absolute atomic E-state index is 10.8. The van der Waals surface area contributed by atoms with Gasteiger partial charge in [0.25, 0.3) is 0 Å². The Kier molecular flexibility index (Phi) is 45.7. The van der Waals surface area contributed by atoms with Crippen LogP contribution in [0.5, 0.6) is 23.0 Å². The largest absolute Gasteiger partial charge is 2.00 e. The Balaban J connectivity index is 0.000000900. The van der Waals surface area contributed by atoms with Crippen LogP contribution in [0.15, 0.2) is 70.6 Å². The molecule has 4 rings (SSSR count). The third kappa shape index (κ3) is 32.2. The van der Waals surface area contributed by atoms with E-state index in [4.69, 9.17) is 9.98 Å². The SMILES string of the molecule is CCCCCCCCCCCCCCCCCCCCCC(=Nc1ccc(CCC)c(CCC)c1)C(CCCC)=Nc1ccc(CCC)c(CCC)c1.CCCCCc1ccc(O)c(O)c1C(=O)[O-].CCCCCc1ccc(O)c(O)c1C(=O)[O-].[Ni+2]. The minimum Gasteiger partial charge on any atom is -0.545 e. The fourth-order valence-corrected chi connectivity index (χ4v) is 11.2. The zero-order valence-corrected chi connectivity index (χ0v) is 56.0. The van der Waals surface area contributed by atoms with Crippen molar-refractivity contribution in [2.45, 2.75) is 306 Å². The fourth-order valence-electron chi connectivity index (χ4n) is 11.2. The number of rotatable bonds is 44. The van der Waals surface area contributed by atoms with E-state index in [0.717, 1.165) is 94.8 Å². The van der Waals surface area contributed by atoms with E-state index in [0.29, 0.717) is 24.0 Å². The summed E-state index contributed by atoms with van der Waals surface area (Å²) in [4.78, 5) is 32.6. The van der Waals surface area contributed by atoms with Crippen LogP contribution in [0.4, 0.5) is 11.4 Å². The quantitative estimate of drug-likeness (QED) is 0.0146. The van der Waals surface area contributed by atoms with Gasteiger partial charge in [-0.05, 0) is 147 Å². The Morgan fingerprint density at radius 3 is 0.919 bits per heavy atom. The van der Waals surface area contributed by atoms with Crippen molar-refractivity contribution in [1.29, 1.82) is 0 Å². The average Bonchev–Trinajstić information content (AvgIpc) is 2.64. The van der Waals surface area contributed by atoms with Crippen molar-refractivity contribution in [1.82, 2.24) is 0 Å². The van der Waals surface area contributed by atoms with Crippen molar-refractivity contribution in [3.05, 3.63) is 105 Å². The number of carbonyl (C=O) groups is 2. The molecule has 0 spiro atoms. The molecule has 0 saturated carbocycles. The summed E-state index contributed by atoms with van der Waals surface area (Å²) in [5.41, 5.74) is 11.1. The molecule has 0 atom stereocenters. The minimum absolute atomic E-state index is 0. The molecule has 0 radical (unpaired) electrons. The summed E-state index contributed by atoms with van der Waals surface area (Å²) >= 11 is 0. The molecule has 0 fully saturated rings. The van der Waals surface area contributed by atoms with Gasteiger partial charge in [-0.3, -0.25) is 9.98 Å². The van der Waals surface area contributed by atoms with Gasteiger partial charge in [-0.25, -0.2) is 0 Å². The van der Waals surface area contributed by atoms with Crippen LogP contribution in [0, 0.1) is 0 Å². The minimum atomic E-state index is -1.46. The third-order valence-electron chi connectivity index (χ3n) is 16.1. The molecule has 4 aromatic carbocycles. The molecule has 10 nitrogen and oxygen atoms in total. The number of carbonyl (C=O) groups excluding carboxylic acids is 2. The van der Waals surface area contributed by atoms with Crippen LogP contribution in [0.25, 0.3) is 0 Å². The van der Waals surface area contributed by atoms with Gasteiger partial charge in [0.05, 0.1) is 34.7 Å². The number of aromatic hydroxyl groups is 4. The third-order valence-corrected chi connectivity index (χ3v) is 16.1. The number of hydrogen-bond acceptors (Lipinski definition) is 10. The zero-order valence-electron chi connectivity index (χ0n) is 55.0. The number of aliphatic imine (C=N–C) groups is 2. The van der Waals surface area contributed by atoms with Crippen molar-refractivity contribution < 1.29 is 56.7 Å². The predicted molar refractivity (Wildman–Crippen MR) is 355 cm³/mol. The molecule has 0 aliphatic rings. The first-order chi connectivity index (χ1) is 41.2. The molecule has 0 aliphatic heterocycles. The topological polar surface area (TPSA) is 186 Å². The van der Waals surface area contributed by atoms with Gasteiger partial charge < -0.3 is 40.2 Å². The molecule has 0 aliphatic carbocycles. The van der Waals surface area contributed by atoms with Gasteiger partial charge in [0.2, 0.25) is 0 Å². The van der Waals surface area contributed by atoms with Crippen molar-refractivity contribution in [3.63, 3.8) is 0 Å². The number of benzene rings is 4. The number of carboxylic acids is 2. The van der Waals surface area contributed by atoms with E-state index in [1.165, 1.54) is 212 Å². The second kappa shape index (κ2) is 49.8. The molecule has 484 valence electrons. The molecular formula is C75H116N2NiO8. The maximum atomic E-state index is 10.8. The molecule has 4 N–H and O–H groups in total. The standard InChI is InChI=1S/C51H86N2.2C12H16O4.Ni/c1-7-13-15-16-17-18-19-20-21-22-23-24-25-26-27-28-29-30-31-37-51(53-49-41-39-45(33-10-4)47(43-49)35-12-6)50(36-14-8-2)52-48-40-38-44(32-9-3)46(42-48)34-11-5;2*1-2-3-4-5-8-6-7-9(13)11(14)10(8)12(15)16;/h38-43H,7-37H2,1-6H3;2*6-7,13-14H,2-5H2,1H3,(H,15,16);/q;;;+2/p-2. The number of hydrogen-bond donors (Lipinski definition) is 4. The number of phenolic OH excluding ortho intramolecular Hbond substituents is 2. The maximum Gasteiger partial charge on any atom is 2.00 e. The van der Waals surface area contributed by atoms with E-state index in [9.17, 15) is 40.2 Å². The van der Waals surface area contributed by atoms with Crippen molar-refractivity contribution in [3.8, 4) is 23.0 Å². The average molecular weight is 1230 g/mol. The van der Waals surface area contributed by atoms with Crippen molar-refractivity contribution in [2.24, 2.45) is 9.98 Å². The van der Waals surface area contributed by atoms with Crippen LogP contribution in [-0.2, 0) is 55.0 Å². The number of unbranched alkanes of at least 4 members (excludes halogenated alkanes) is 23. The number of aromatic carboxylic acids is 2. The Labute approximate surface area is 532 Å². The Morgan fingerprint density at radius 2 is 0.605 bits per heavy atom. The first-order valence-corrected chi connectivity index (χ1v) is 34.1. The molecule has 86 heavy (non-hydrogen) atoms. The van der Waals surface area contributed by atoms with Crippen LogP contribution in [0.3, 0.4) is 0 Å². The molecule has 11 heteroatoms. The van der Waals surface area contributed by atoms with Crippen LogP contribution in [0.1, 0.15) is 321 Å². The van der Waals surface area contributed by atoms with E-state index in [-0.39, 0.29) is 27.6 Å². The van der Waals surface area contributed by atoms with Crippen LogP contribution in [-0.4, -0.2) is 43.8 Å². The monoisotopic (exact) mass is 1230 g/mol. The van der Waals surface area contributed by atoms with E-state index in [1.807, 2.05) is 13.8 Å². The van der Waals surface area contributed by atoms with Crippen LogP contribution >= 0.6 is 0 Å². The molecule has 0 aromatic heterocycles. The van der Waals surface area contributed by atoms with Gasteiger partial charge in [0, 0.05) is 11.1 Å². The van der Waals surface area contributed by atoms with Crippen LogP contribution < -0.4 is 10.2 Å². The number of nitrogens with zero attached hydrogens (tertiary/aromatic N) is 2. The Bertz CT molecular complexity index is 2440. The second-order valence-corrected chi connectivity index (χ2v) is 23.7. The molecule has 0 saturated heterocycles. The molecular weight excluding hydrogens is 1120 g/mol. The Morgan fingerprint density at radius 1 is 0.326 bits per heavy atom.